The van der Waals surface area contributed by atoms with Crippen LogP contribution in [0.5, 0.6) is 11.5 Å². The number of hydrogen-bond donors (Lipinski definition) is 1. The van der Waals surface area contributed by atoms with Crippen molar-refractivity contribution in [2.75, 3.05) is 66.8 Å². The van der Waals surface area contributed by atoms with E-state index in [1.165, 1.54) is 50.0 Å². The van der Waals surface area contributed by atoms with E-state index in [4.69, 9.17) is 24.7 Å². The zero-order valence-corrected chi connectivity index (χ0v) is 24.1. The van der Waals surface area contributed by atoms with Gasteiger partial charge in [0.15, 0.2) is 0 Å². The summed E-state index contributed by atoms with van der Waals surface area (Å²) in [6, 6.07) is 17.4. The van der Waals surface area contributed by atoms with Crippen molar-refractivity contribution in [2.45, 2.75) is 44.6 Å². The average Bonchev–Trinajstić information content (AvgIpc) is 2.86. The van der Waals surface area contributed by atoms with Crippen LogP contribution in [0.2, 0.25) is 0 Å². The van der Waals surface area contributed by atoms with Gasteiger partial charge in [-0.1, -0.05) is 24.3 Å². The molecule has 0 aromatic heterocycles. The summed E-state index contributed by atoms with van der Waals surface area (Å²) in [5.74, 6) is 1.82. The first-order valence-corrected chi connectivity index (χ1v) is 13.1. The number of ether oxygens (including phenoxy) is 4. The van der Waals surface area contributed by atoms with Crippen LogP contribution >= 0.6 is 12.4 Å². The van der Waals surface area contributed by atoms with Crippen LogP contribution in [-0.4, -0.2) is 77.4 Å². The van der Waals surface area contributed by atoms with Gasteiger partial charge in [-0.25, -0.2) is 0 Å². The zero-order valence-electron chi connectivity index (χ0n) is 22.5. The minimum absolute atomic E-state index is 0. The predicted molar refractivity (Wildman–Crippen MR) is 148 cm³/mol. The molecule has 1 atom stereocenters. The third-order valence-electron chi connectivity index (χ3n) is 6.98. The van der Waals surface area contributed by atoms with Crippen molar-refractivity contribution in [1.82, 2.24) is 0 Å². The predicted octanol–water partition coefficient (Wildman–Crippen LogP) is 1.67. The number of likely N-dealkylation sites (tertiary alicyclic amines) is 1. The van der Waals surface area contributed by atoms with Crippen molar-refractivity contribution in [3.8, 4) is 11.5 Å². The standard InChI is InChI=1S/C29H45N2O4.2ClH/c1-32-20-22-34-28-13-9-25(10-14-28)6-3-17-31(19-5-8-27(30)24-31)18-4-7-26-11-15-29(16-12-26)35-23-21-33-2;;/h9-16,27H,3-8,17-24,30H2,1-2H3;2*1H/q+1;;/p-1. The van der Waals surface area contributed by atoms with Crippen LogP contribution in [0.1, 0.15) is 36.8 Å². The highest BCUT2D eigenvalue weighted by atomic mass is 35.5. The first-order chi connectivity index (χ1) is 17.1. The Morgan fingerprint density at radius 2 is 1.22 bits per heavy atom. The van der Waals surface area contributed by atoms with Crippen molar-refractivity contribution >= 4 is 12.4 Å². The molecule has 1 saturated heterocycles. The van der Waals surface area contributed by atoms with E-state index >= 15 is 0 Å². The molecule has 3 rings (SSSR count). The SMILES string of the molecule is COCCOc1ccc(CCC[N+]2(CCCc3ccc(OCCOC)cc3)CCCC(N)C2)cc1.Cl.[Cl-]. The smallest absolute Gasteiger partial charge is 0.119 e. The summed E-state index contributed by atoms with van der Waals surface area (Å²) in [6.07, 6.45) is 6.96. The van der Waals surface area contributed by atoms with Gasteiger partial charge in [0, 0.05) is 27.1 Å². The number of hydrogen-bond acceptors (Lipinski definition) is 5. The largest absolute Gasteiger partial charge is 1.00 e. The van der Waals surface area contributed by atoms with Crippen LogP contribution in [0.25, 0.3) is 0 Å². The molecule has 1 heterocycles. The number of benzene rings is 2. The molecule has 8 heteroatoms. The lowest BCUT2D eigenvalue weighted by molar-refractivity contribution is -0.933. The van der Waals surface area contributed by atoms with Gasteiger partial charge in [-0.2, -0.15) is 0 Å². The molecule has 0 saturated carbocycles. The van der Waals surface area contributed by atoms with Crippen LogP contribution in [0.4, 0.5) is 0 Å². The van der Waals surface area contributed by atoms with Crippen LogP contribution in [0, 0.1) is 0 Å². The van der Waals surface area contributed by atoms with Crippen LogP contribution in [0.3, 0.4) is 0 Å². The van der Waals surface area contributed by atoms with Crippen LogP contribution < -0.4 is 27.6 Å². The molecule has 0 spiro atoms. The molecule has 6 nitrogen and oxygen atoms in total. The van der Waals surface area contributed by atoms with Gasteiger partial charge < -0.3 is 41.6 Å². The van der Waals surface area contributed by atoms with Gasteiger partial charge in [0.2, 0.25) is 0 Å². The lowest BCUT2D eigenvalue weighted by Gasteiger charge is -2.44. The highest BCUT2D eigenvalue weighted by molar-refractivity contribution is 5.85. The van der Waals surface area contributed by atoms with Crippen LogP contribution in [-0.2, 0) is 22.3 Å². The summed E-state index contributed by atoms with van der Waals surface area (Å²) in [6.45, 7) is 7.16. The molecule has 1 aliphatic rings. The second-order valence-corrected chi connectivity index (χ2v) is 9.77. The third kappa shape index (κ3) is 12.2. The summed E-state index contributed by atoms with van der Waals surface area (Å²) >= 11 is 0. The Morgan fingerprint density at radius 3 is 1.62 bits per heavy atom. The fourth-order valence-electron chi connectivity index (χ4n) is 5.11. The molecule has 37 heavy (non-hydrogen) atoms. The Kier molecular flexibility index (Phi) is 16.9. The van der Waals surface area contributed by atoms with Crippen molar-refractivity contribution in [1.29, 1.82) is 0 Å². The molecular weight excluding hydrogens is 511 g/mol. The Balaban J connectivity index is 0.00000342. The number of nitrogens with two attached hydrogens (primary N) is 1. The molecular formula is C29H46Cl2N2O4. The average molecular weight is 558 g/mol. The highest BCUT2D eigenvalue weighted by Gasteiger charge is 2.32. The maximum atomic E-state index is 6.45. The van der Waals surface area contributed by atoms with Crippen LogP contribution in [0.15, 0.2) is 48.5 Å². The summed E-state index contributed by atoms with van der Waals surface area (Å²) in [5, 5.41) is 0. The number of nitrogens with zero attached hydrogens (tertiary/aromatic N) is 1. The number of aryl methyl sites for hydroxylation is 2. The molecule has 0 bridgehead atoms. The Bertz CT molecular complexity index is 777. The number of rotatable bonds is 16. The molecule has 1 aliphatic heterocycles. The highest BCUT2D eigenvalue weighted by Crippen LogP contribution is 2.22. The quantitative estimate of drug-likeness (QED) is 0.252. The van der Waals surface area contributed by atoms with E-state index in [0.717, 1.165) is 41.8 Å². The number of methoxy groups -OCH3 is 2. The van der Waals surface area contributed by atoms with E-state index in [2.05, 4.69) is 48.5 Å². The van der Waals surface area contributed by atoms with Gasteiger partial charge in [0.1, 0.15) is 24.7 Å². The molecule has 0 radical (unpaired) electrons. The van der Waals surface area contributed by atoms with Gasteiger partial charge in [-0.05, 0) is 61.1 Å². The molecule has 0 aliphatic carbocycles. The molecule has 1 unspecified atom stereocenters. The van der Waals surface area contributed by atoms with E-state index < -0.39 is 0 Å². The van der Waals surface area contributed by atoms with E-state index in [1.807, 2.05) is 0 Å². The van der Waals surface area contributed by atoms with E-state index in [-0.39, 0.29) is 24.8 Å². The molecule has 1 fully saturated rings. The number of quaternary nitrogens is 1. The van der Waals surface area contributed by atoms with Gasteiger partial charge in [-0.3, -0.25) is 0 Å². The lowest BCUT2D eigenvalue weighted by atomic mass is 10.00. The first-order valence-electron chi connectivity index (χ1n) is 13.1. The number of piperidine rings is 1. The maximum Gasteiger partial charge on any atom is 0.119 e. The van der Waals surface area contributed by atoms with Gasteiger partial charge in [0.25, 0.3) is 0 Å². The Hall–Kier alpha value is -1.54. The monoisotopic (exact) mass is 556 g/mol. The molecule has 210 valence electrons. The second kappa shape index (κ2) is 18.7. The van der Waals surface area contributed by atoms with Gasteiger partial charge in [-0.15, -0.1) is 12.4 Å². The van der Waals surface area contributed by atoms with Gasteiger partial charge >= 0.3 is 0 Å². The van der Waals surface area contributed by atoms with Crippen molar-refractivity contribution < 1.29 is 35.8 Å². The fraction of sp³-hybridized carbons (Fsp3) is 0.586. The summed E-state index contributed by atoms with van der Waals surface area (Å²) < 4.78 is 22.6. The summed E-state index contributed by atoms with van der Waals surface area (Å²) in [7, 11) is 3.38. The Morgan fingerprint density at radius 1 is 0.757 bits per heavy atom. The fourth-order valence-corrected chi connectivity index (χ4v) is 5.11. The minimum atomic E-state index is 0. The van der Waals surface area contributed by atoms with Crippen molar-refractivity contribution in [2.24, 2.45) is 5.73 Å². The molecule has 0 amide bonds. The maximum absolute atomic E-state index is 6.45. The Labute approximate surface area is 236 Å². The van der Waals surface area contributed by atoms with E-state index in [9.17, 15) is 0 Å². The normalized spacial score (nSPS) is 16.4. The molecule has 2 aromatic carbocycles. The first kappa shape index (κ1) is 33.5. The second-order valence-electron chi connectivity index (χ2n) is 9.77. The van der Waals surface area contributed by atoms with E-state index in [0.29, 0.717) is 32.5 Å². The zero-order chi connectivity index (χ0) is 24.8. The van der Waals surface area contributed by atoms with Crippen molar-refractivity contribution in [3.63, 3.8) is 0 Å². The van der Waals surface area contributed by atoms with Crippen molar-refractivity contribution in [3.05, 3.63) is 59.7 Å². The minimum Gasteiger partial charge on any atom is -1.00 e. The third-order valence-corrected chi connectivity index (χ3v) is 6.98. The number of halogens is 2. The lowest BCUT2D eigenvalue weighted by Crippen LogP contribution is -3.00. The van der Waals surface area contributed by atoms with E-state index in [1.54, 1.807) is 14.2 Å². The molecule has 2 aromatic rings. The summed E-state index contributed by atoms with van der Waals surface area (Å²) in [5.41, 5.74) is 9.19. The molecule has 2 N–H and O–H groups in total. The van der Waals surface area contributed by atoms with Gasteiger partial charge in [0.05, 0.1) is 45.4 Å². The topological polar surface area (TPSA) is 62.9 Å². The summed E-state index contributed by atoms with van der Waals surface area (Å²) in [4.78, 5) is 0.